The minimum absolute atomic E-state index is 0.0619. The molecule has 16 heteroatoms. The van der Waals surface area contributed by atoms with Gasteiger partial charge >= 0.3 is 5.97 Å². The van der Waals surface area contributed by atoms with Crippen LogP contribution in [0.2, 0.25) is 0 Å². The highest BCUT2D eigenvalue weighted by Gasteiger charge is 2.14. The van der Waals surface area contributed by atoms with E-state index in [0.29, 0.717) is 30.9 Å². The Morgan fingerprint density at radius 2 is 1.15 bits per heavy atom. The third-order valence-corrected chi connectivity index (χ3v) is 9.63. The van der Waals surface area contributed by atoms with Crippen LogP contribution < -0.4 is 0 Å². The number of carbonyl (C=O) groups is 1. The van der Waals surface area contributed by atoms with Crippen molar-refractivity contribution < 1.29 is 9.53 Å². The summed E-state index contributed by atoms with van der Waals surface area (Å²) in [6.07, 6.45) is 12.0. The van der Waals surface area contributed by atoms with Gasteiger partial charge in [-0.2, -0.15) is 10.2 Å². The fourth-order valence-electron chi connectivity index (χ4n) is 6.80. The number of carbonyl (C=O) groups excluding carboxylic acids is 1. The molecule has 10 aromatic rings. The first kappa shape index (κ1) is 36.9. The predicted molar refractivity (Wildman–Crippen MR) is 222 cm³/mol. The summed E-state index contributed by atoms with van der Waals surface area (Å²) in [7, 11) is 0. The van der Waals surface area contributed by atoms with Gasteiger partial charge in [-0.3, -0.25) is 24.1 Å². The molecule has 0 fully saturated rings. The zero-order valence-electron chi connectivity index (χ0n) is 32.4. The second-order valence-electron chi connectivity index (χ2n) is 13.9. The van der Waals surface area contributed by atoms with Crippen LogP contribution in [0.1, 0.15) is 31.4 Å². The lowest BCUT2D eigenvalue weighted by Gasteiger charge is -2.05. The van der Waals surface area contributed by atoms with Gasteiger partial charge in [-0.05, 0) is 85.1 Å². The van der Waals surface area contributed by atoms with Crippen LogP contribution in [0.5, 0.6) is 0 Å². The lowest BCUT2D eigenvalue weighted by molar-refractivity contribution is -0.144. The van der Waals surface area contributed by atoms with E-state index in [9.17, 15) is 4.79 Å². The van der Waals surface area contributed by atoms with Crippen LogP contribution in [0, 0.1) is 0 Å². The SMILES string of the molecule is CCCn1cc(-c2ccc3nnn(Cc4ccc5ncccc5c4)c3n2)cn1.CCOC(=O)Cn1cc(-c2ccc3nnn(Cc4ccc5ncccc5c4)c3n2)cn1. The van der Waals surface area contributed by atoms with E-state index in [2.05, 4.69) is 72.0 Å². The molecular weight excluding hydrogens is 745 g/mol. The van der Waals surface area contributed by atoms with E-state index in [4.69, 9.17) is 14.7 Å². The number of fused-ring (bicyclic) bond motifs is 4. The zero-order valence-corrected chi connectivity index (χ0v) is 32.4. The third-order valence-electron chi connectivity index (χ3n) is 9.63. The standard InChI is InChI=1S/C22H19N7O2.C21H19N7/c1-2-31-21(30)14-28-13-17(11-24-28)19-7-8-20-22(25-19)29(27-26-20)12-15-5-6-18-16(10-15)4-3-9-23-18;1-2-10-27-14-17(12-23-27)19-7-8-20-21(24-19)28(26-25-20)13-15-5-6-18-16(11-15)4-3-9-22-18/h3-11,13H,2,12,14H2,1H3;3-9,11-12,14H,2,10,13H2,1H3. The van der Waals surface area contributed by atoms with Crippen LogP contribution in [0.3, 0.4) is 0 Å². The molecule has 2 aromatic carbocycles. The minimum atomic E-state index is -0.326. The highest BCUT2D eigenvalue weighted by Crippen LogP contribution is 2.23. The normalized spacial score (nSPS) is 11.4. The van der Waals surface area contributed by atoms with Crippen LogP contribution >= 0.6 is 0 Å². The number of benzene rings is 2. The van der Waals surface area contributed by atoms with Crippen molar-refractivity contribution >= 4 is 50.1 Å². The molecule has 0 aliphatic heterocycles. The first-order valence-electron chi connectivity index (χ1n) is 19.3. The van der Waals surface area contributed by atoms with E-state index in [-0.39, 0.29) is 12.5 Å². The van der Waals surface area contributed by atoms with Crippen LogP contribution in [0.4, 0.5) is 0 Å². The van der Waals surface area contributed by atoms with Crippen molar-refractivity contribution in [3.05, 3.63) is 133 Å². The van der Waals surface area contributed by atoms with Gasteiger partial charge in [-0.25, -0.2) is 19.3 Å². The van der Waals surface area contributed by atoms with Gasteiger partial charge in [0, 0.05) is 53.2 Å². The van der Waals surface area contributed by atoms with Gasteiger partial charge in [-0.1, -0.05) is 41.6 Å². The number of pyridine rings is 4. The Labute approximate surface area is 337 Å². The third kappa shape index (κ3) is 8.09. The molecule has 0 atom stereocenters. The molecule has 0 N–H and O–H groups in total. The average molecular weight is 783 g/mol. The van der Waals surface area contributed by atoms with Crippen molar-refractivity contribution in [1.82, 2.24) is 69.5 Å². The molecule has 16 nitrogen and oxygen atoms in total. The van der Waals surface area contributed by atoms with Crippen molar-refractivity contribution in [2.24, 2.45) is 0 Å². The molecule has 0 amide bonds. The number of esters is 1. The molecular formula is C43H38N14O2. The predicted octanol–water partition coefficient (Wildman–Crippen LogP) is 6.55. The Kier molecular flexibility index (Phi) is 10.2. The summed E-state index contributed by atoms with van der Waals surface area (Å²) in [4.78, 5) is 30.0. The quantitative estimate of drug-likeness (QED) is 0.130. The van der Waals surface area contributed by atoms with Gasteiger partial charge in [0.1, 0.15) is 17.6 Å². The van der Waals surface area contributed by atoms with Gasteiger partial charge in [0.25, 0.3) is 0 Å². The number of ether oxygens (including phenoxy) is 1. The largest absolute Gasteiger partial charge is 0.465 e. The number of rotatable bonds is 11. The number of nitrogens with zero attached hydrogens (tertiary/aromatic N) is 14. The fraction of sp³-hybridized carbons (Fsp3) is 0.186. The number of hydrogen-bond acceptors (Lipinski definition) is 12. The van der Waals surface area contributed by atoms with E-state index < -0.39 is 0 Å². The Hall–Kier alpha value is -7.75. The maximum Gasteiger partial charge on any atom is 0.327 e. The lowest BCUT2D eigenvalue weighted by atomic mass is 10.1. The monoisotopic (exact) mass is 782 g/mol. The summed E-state index contributed by atoms with van der Waals surface area (Å²) in [5, 5.41) is 27.9. The number of hydrogen-bond donors (Lipinski definition) is 0. The molecule has 0 spiro atoms. The Morgan fingerprint density at radius 3 is 1.69 bits per heavy atom. The molecule has 0 aliphatic carbocycles. The van der Waals surface area contributed by atoms with Crippen molar-refractivity contribution in [1.29, 1.82) is 0 Å². The fourth-order valence-corrected chi connectivity index (χ4v) is 6.80. The summed E-state index contributed by atoms with van der Waals surface area (Å²) >= 11 is 0. The van der Waals surface area contributed by atoms with Crippen molar-refractivity contribution in [2.45, 2.75) is 46.4 Å². The molecule has 8 heterocycles. The maximum atomic E-state index is 11.7. The zero-order chi connectivity index (χ0) is 40.1. The van der Waals surface area contributed by atoms with E-state index >= 15 is 0 Å². The van der Waals surface area contributed by atoms with E-state index in [1.807, 2.05) is 82.4 Å². The average Bonchev–Trinajstić information content (AvgIpc) is 4.09. The van der Waals surface area contributed by atoms with Crippen LogP contribution in [-0.4, -0.2) is 82.1 Å². The number of aryl methyl sites for hydroxylation is 1. The van der Waals surface area contributed by atoms with Gasteiger partial charge in [0.15, 0.2) is 11.3 Å². The highest BCUT2D eigenvalue weighted by molar-refractivity contribution is 5.80. The first-order chi connectivity index (χ1) is 29.0. The Morgan fingerprint density at radius 1 is 0.627 bits per heavy atom. The summed E-state index contributed by atoms with van der Waals surface area (Å²) in [6, 6.07) is 28.0. The van der Waals surface area contributed by atoms with Gasteiger partial charge in [-0.15, -0.1) is 10.2 Å². The van der Waals surface area contributed by atoms with Crippen molar-refractivity contribution in [3.63, 3.8) is 0 Å². The minimum Gasteiger partial charge on any atom is -0.465 e. The molecule has 0 bridgehead atoms. The van der Waals surface area contributed by atoms with E-state index in [0.717, 1.165) is 79.6 Å². The molecule has 292 valence electrons. The summed E-state index contributed by atoms with van der Waals surface area (Å²) in [5.41, 5.74) is 10.5. The summed E-state index contributed by atoms with van der Waals surface area (Å²) in [5.74, 6) is -0.326. The second kappa shape index (κ2) is 16.4. The topological polar surface area (TPSA) is 175 Å². The molecule has 0 saturated carbocycles. The summed E-state index contributed by atoms with van der Waals surface area (Å²) in [6.45, 7) is 6.36. The van der Waals surface area contributed by atoms with Crippen LogP contribution in [-0.2, 0) is 35.7 Å². The van der Waals surface area contributed by atoms with Crippen LogP contribution in [0.25, 0.3) is 66.6 Å². The van der Waals surface area contributed by atoms with E-state index in [1.54, 1.807) is 36.4 Å². The molecule has 0 unspecified atom stereocenters. The van der Waals surface area contributed by atoms with E-state index in [1.165, 1.54) is 4.68 Å². The summed E-state index contributed by atoms with van der Waals surface area (Å²) < 4.78 is 12.1. The maximum absolute atomic E-state index is 11.7. The van der Waals surface area contributed by atoms with Crippen molar-refractivity contribution in [2.75, 3.05) is 6.61 Å². The highest BCUT2D eigenvalue weighted by atomic mass is 16.5. The van der Waals surface area contributed by atoms with Crippen molar-refractivity contribution in [3.8, 4) is 22.5 Å². The molecule has 8 aromatic heterocycles. The van der Waals surface area contributed by atoms with Gasteiger partial charge in [0.2, 0.25) is 0 Å². The molecule has 0 radical (unpaired) electrons. The Balaban J connectivity index is 0.000000153. The van der Waals surface area contributed by atoms with Crippen LogP contribution in [0.15, 0.2) is 122 Å². The van der Waals surface area contributed by atoms with Gasteiger partial charge in [0.05, 0.1) is 54.5 Å². The Bertz CT molecular complexity index is 3070. The smallest absolute Gasteiger partial charge is 0.327 e. The van der Waals surface area contributed by atoms with Gasteiger partial charge < -0.3 is 4.74 Å². The molecule has 10 rings (SSSR count). The lowest BCUT2D eigenvalue weighted by Crippen LogP contribution is -2.13. The number of aromatic nitrogens is 14. The molecule has 59 heavy (non-hydrogen) atoms. The molecule has 0 saturated heterocycles. The first-order valence-corrected chi connectivity index (χ1v) is 19.3. The second-order valence-corrected chi connectivity index (χ2v) is 13.9. The molecule has 0 aliphatic rings.